The molecule has 2 amide bonds. The molecule has 0 saturated carbocycles. The van der Waals surface area contributed by atoms with Gasteiger partial charge < -0.3 is 4.74 Å². The van der Waals surface area contributed by atoms with Crippen LogP contribution < -0.4 is 9.64 Å². The molecule has 3 aromatic rings. The monoisotopic (exact) mass is 551 g/mol. The molecule has 0 unspecified atom stereocenters. The van der Waals surface area contributed by atoms with Gasteiger partial charge in [-0.2, -0.15) is 0 Å². The van der Waals surface area contributed by atoms with Gasteiger partial charge in [0, 0.05) is 5.02 Å². The summed E-state index contributed by atoms with van der Waals surface area (Å²) in [6.45, 7) is 0.206. The number of hydrogen-bond acceptors (Lipinski definition) is 4. The molecule has 0 aliphatic carbocycles. The third kappa shape index (κ3) is 5.02. The molecule has 32 heavy (non-hydrogen) atoms. The molecule has 1 heterocycles. The van der Waals surface area contributed by atoms with Gasteiger partial charge in [0.25, 0.3) is 11.1 Å². The van der Waals surface area contributed by atoms with Crippen molar-refractivity contribution in [2.45, 2.75) is 6.61 Å². The van der Waals surface area contributed by atoms with Crippen LogP contribution in [0.5, 0.6) is 5.75 Å². The molecule has 0 bridgehead atoms. The minimum Gasteiger partial charge on any atom is -0.486 e. The summed E-state index contributed by atoms with van der Waals surface area (Å²) in [5.41, 5.74) is 1.86. The minimum absolute atomic E-state index is 0.206. The van der Waals surface area contributed by atoms with Gasteiger partial charge in [0.05, 0.1) is 20.1 Å². The molecule has 0 spiro atoms. The third-order valence-electron chi connectivity index (χ3n) is 4.49. The Balaban J connectivity index is 1.54. The smallest absolute Gasteiger partial charge is 0.298 e. The van der Waals surface area contributed by atoms with E-state index in [-0.39, 0.29) is 17.3 Å². The number of carbonyl (C=O) groups is 2. The molecule has 1 fully saturated rings. The lowest BCUT2D eigenvalue weighted by atomic mass is 10.2. The first-order valence-electron chi connectivity index (χ1n) is 9.21. The van der Waals surface area contributed by atoms with E-state index >= 15 is 0 Å². The maximum absolute atomic E-state index is 13.0. The normalized spacial score (nSPS) is 15.0. The summed E-state index contributed by atoms with van der Waals surface area (Å²) >= 11 is 16.6. The zero-order valence-electron chi connectivity index (χ0n) is 16.2. The number of hydrogen-bond donors (Lipinski definition) is 0. The number of ether oxygens (including phenoxy) is 1. The van der Waals surface area contributed by atoms with Gasteiger partial charge in [0.15, 0.2) is 5.75 Å². The quantitative estimate of drug-likeness (QED) is 0.304. The van der Waals surface area contributed by atoms with E-state index in [1.54, 1.807) is 54.6 Å². The third-order valence-corrected chi connectivity index (χ3v) is 6.48. The van der Waals surface area contributed by atoms with E-state index in [9.17, 15) is 14.0 Å². The molecule has 1 saturated heterocycles. The van der Waals surface area contributed by atoms with Crippen molar-refractivity contribution in [3.8, 4) is 5.75 Å². The number of benzene rings is 3. The minimum atomic E-state index is -0.425. The fourth-order valence-electron chi connectivity index (χ4n) is 2.97. The molecule has 0 atom stereocenters. The fourth-order valence-corrected chi connectivity index (χ4v) is 4.92. The highest BCUT2D eigenvalue weighted by Crippen LogP contribution is 2.39. The van der Waals surface area contributed by atoms with Crippen molar-refractivity contribution in [3.63, 3.8) is 0 Å². The number of thioether (sulfide) groups is 1. The molecule has 1 aliphatic rings. The molecular weight excluding hydrogens is 540 g/mol. The van der Waals surface area contributed by atoms with Crippen LogP contribution in [0.3, 0.4) is 0 Å². The van der Waals surface area contributed by atoms with Crippen molar-refractivity contribution in [1.82, 2.24) is 0 Å². The molecule has 1 aliphatic heterocycles. The summed E-state index contributed by atoms with van der Waals surface area (Å²) in [7, 11) is 0. The van der Waals surface area contributed by atoms with Crippen LogP contribution in [0.4, 0.5) is 14.9 Å². The van der Waals surface area contributed by atoms with Crippen molar-refractivity contribution < 1.29 is 18.7 Å². The summed E-state index contributed by atoms with van der Waals surface area (Å²) in [5.74, 6) is -0.327. The van der Waals surface area contributed by atoms with Gasteiger partial charge in [-0.1, -0.05) is 35.3 Å². The Bertz CT molecular complexity index is 1210. The van der Waals surface area contributed by atoms with Gasteiger partial charge in [-0.15, -0.1) is 0 Å². The van der Waals surface area contributed by atoms with Crippen LogP contribution in [-0.2, 0) is 11.4 Å². The first-order chi connectivity index (χ1) is 15.3. The number of amides is 2. The average molecular weight is 553 g/mol. The lowest BCUT2D eigenvalue weighted by Crippen LogP contribution is -2.27. The summed E-state index contributed by atoms with van der Waals surface area (Å²) in [4.78, 5) is 26.6. The Hall–Kier alpha value is -2.32. The Morgan fingerprint density at radius 3 is 2.38 bits per heavy atom. The highest BCUT2D eigenvalue weighted by Gasteiger charge is 2.36. The lowest BCUT2D eigenvalue weighted by molar-refractivity contribution is -0.113. The molecule has 4 rings (SSSR count). The Morgan fingerprint density at radius 2 is 1.72 bits per heavy atom. The molecule has 0 radical (unpaired) electrons. The number of nitrogens with zero attached hydrogens (tertiary/aromatic N) is 1. The summed E-state index contributed by atoms with van der Waals surface area (Å²) in [6, 6.07) is 15.8. The van der Waals surface area contributed by atoms with Gasteiger partial charge >= 0.3 is 0 Å². The molecule has 0 aromatic heterocycles. The predicted octanol–water partition coefficient (Wildman–Crippen LogP) is 7.71. The van der Waals surface area contributed by atoms with E-state index in [0.717, 1.165) is 22.2 Å². The van der Waals surface area contributed by atoms with Crippen LogP contribution in [0.2, 0.25) is 10.0 Å². The van der Waals surface area contributed by atoms with Crippen LogP contribution in [0.25, 0.3) is 6.08 Å². The first-order valence-corrected chi connectivity index (χ1v) is 11.6. The first kappa shape index (κ1) is 22.9. The molecule has 9 heteroatoms. The van der Waals surface area contributed by atoms with Crippen molar-refractivity contribution in [2.24, 2.45) is 0 Å². The number of rotatable bonds is 5. The van der Waals surface area contributed by atoms with Gasteiger partial charge in [0.1, 0.15) is 12.4 Å². The van der Waals surface area contributed by atoms with Crippen LogP contribution in [0, 0.1) is 5.82 Å². The van der Waals surface area contributed by atoms with Crippen LogP contribution in [0.1, 0.15) is 11.1 Å². The molecule has 4 nitrogen and oxygen atoms in total. The number of imide groups is 1. The number of anilines is 1. The van der Waals surface area contributed by atoms with Gasteiger partial charge in [-0.25, -0.2) is 9.29 Å². The summed E-state index contributed by atoms with van der Waals surface area (Å²) in [6.07, 6.45) is 1.60. The Kier molecular flexibility index (Phi) is 6.90. The Labute approximate surface area is 206 Å². The van der Waals surface area contributed by atoms with Gasteiger partial charge in [-0.05, 0) is 93.4 Å². The van der Waals surface area contributed by atoms with Crippen molar-refractivity contribution in [3.05, 3.63) is 97.0 Å². The van der Waals surface area contributed by atoms with Gasteiger partial charge in [-0.3, -0.25) is 9.59 Å². The van der Waals surface area contributed by atoms with E-state index in [2.05, 4.69) is 15.9 Å². The standard InChI is InChI=1S/C23H13BrCl2FNO3S/c24-18-9-14(10-19(26)21(18)31-12-13-1-5-16(27)6-2-13)11-20-22(29)28(23(30)32-20)17-7-3-15(25)4-8-17/h1-11H,12H2/b20-11+. The molecular formula is C23H13BrCl2FNO3S. The predicted molar refractivity (Wildman–Crippen MR) is 130 cm³/mol. The second-order valence-electron chi connectivity index (χ2n) is 6.72. The lowest BCUT2D eigenvalue weighted by Gasteiger charge is -2.12. The number of carbonyl (C=O) groups excluding carboxylic acids is 2. The van der Waals surface area contributed by atoms with Crippen LogP contribution in [0.15, 0.2) is 70.0 Å². The van der Waals surface area contributed by atoms with Crippen molar-refractivity contribution in [1.29, 1.82) is 0 Å². The van der Waals surface area contributed by atoms with Crippen LogP contribution in [-0.4, -0.2) is 11.1 Å². The topological polar surface area (TPSA) is 46.6 Å². The highest BCUT2D eigenvalue weighted by molar-refractivity contribution is 9.10. The zero-order chi connectivity index (χ0) is 22.8. The van der Waals surface area contributed by atoms with Crippen molar-refractivity contribution >= 4 is 73.8 Å². The molecule has 0 N–H and O–H groups in total. The van der Waals surface area contributed by atoms with Crippen LogP contribution >= 0.6 is 50.9 Å². The van der Waals surface area contributed by atoms with Crippen molar-refractivity contribution in [2.75, 3.05) is 4.90 Å². The summed E-state index contributed by atoms with van der Waals surface area (Å²) < 4.78 is 19.4. The summed E-state index contributed by atoms with van der Waals surface area (Å²) in [5, 5.41) is 0.440. The molecule has 162 valence electrons. The fraction of sp³-hybridized carbons (Fsp3) is 0.0435. The largest absolute Gasteiger partial charge is 0.486 e. The maximum Gasteiger partial charge on any atom is 0.298 e. The van der Waals surface area contributed by atoms with E-state index < -0.39 is 11.1 Å². The second kappa shape index (κ2) is 9.67. The maximum atomic E-state index is 13.0. The number of halogens is 4. The Morgan fingerprint density at radius 1 is 1.03 bits per heavy atom. The van der Waals surface area contributed by atoms with E-state index in [4.69, 9.17) is 27.9 Å². The molecule has 3 aromatic carbocycles. The highest BCUT2D eigenvalue weighted by atomic mass is 79.9. The van der Waals surface area contributed by atoms with E-state index in [1.165, 1.54) is 12.1 Å². The van der Waals surface area contributed by atoms with E-state index in [1.807, 2.05) is 0 Å². The van der Waals surface area contributed by atoms with Gasteiger partial charge in [0.2, 0.25) is 0 Å². The zero-order valence-corrected chi connectivity index (χ0v) is 20.1. The second-order valence-corrected chi connectivity index (χ2v) is 9.41. The van der Waals surface area contributed by atoms with E-state index in [0.29, 0.717) is 31.5 Å². The average Bonchev–Trinajstić information content (AvgIpc) is 3.02. The SMILES string of the molecule is O=C1S/C(=C/c2cc(Cl)c(OCc3ccc(F)cc3)c(Br)c2)C(=O)N1c1ccc(Cl)cc1.